The van der Waals surface area contributed by atoms with E-state index in [4.69, 9.17) is 9.84 Å². The predicted octanol–water partition coefficient (Wildman–Crippen LogP) is 2.20. The number of carbonyl (C=O) groups is 2. The maximum absolute atomic E-state index is 13.3. The van der Waals surface area contributed by atoms with Crippen molar-refractivity contribution < 1.29 is 23.8 Å². The van der Waals surface area contributed by atoms with Gasteiger partial charge in [-0.05, 0) is 25.1 Å². The fourth-order valence-electron chi connectivity index (χ4n) is 1.81. The van der Waals surface area contributed by atoms with Crippen LogP contribution in [0.15, 0.2) is 22.7 Å². The van der Waals surface area contributed by atoms with E-state index in [-0.39, 0.29) is 18.6 Å². The van der Waals surface area contributed by atoms with Crippen LogP contribution in [0.4, 0.5) is 4.39 Å². The van der Waals surface area contributed by atoms with Gasteiger partial charge in [0, 0.05) is 17.1 Å². The molecule has 1 aromatic carbocycles. The molecule has 2 N–H and O–H groups in total. The van der Waals surface area contributed by atoms with Crippen LogP contribution in [0.1, 0.15) is 23.7 Å². The molecule has 0 aromatic heterocycles. The average Bonchev–Trinajstić information content (AvgIpc) is 2.25. The van der Waals surface area contributed by atoms with Crippen LogP contribution in [0.5, 0.6) is 0 Å². The third-order valence-electron chi connectivity index (χ3n) is 2.54. The zero-order valence-corrected chi connectivity index (χ0v) is 12.7. The standard InChI is InChI=1S/C13H15BrFNO4/c1-13(7-20-2,6-11(17)18)16-12(19)8-3-9(14)5-10(15)4-8/h3-5H,6-7H2,1-2H3,(H,16,19)(H,17,18). The van der Waals surface area contributed by atoms with Crippen molar-refractivity contribution in [3.8, 4) is 0 Å². The number of ether oxygens (including phenoxy) is 1. The molecular weight excluding hydrogens is 333 g/mol. The van der Waals surface area contributed by atoms with Gasteiger partial charge in [0.2, 0.25) is 0 Å². The van der Waals surface area contributed by atoms with E-state index < -0.39 is 23.2 Å². The van der Waals surface area contributed by atoms with E-state index >= 15 is 0 Å². The molecule has 0 saturated heterocycles. The van der Waals surface area contributed by atoms with Gasteiger partial charge in [-0.25, -0.2) is 4.39 Å². The first-order valence-electron chi connectivity index (χ1n) is 5.75. The van der Waals surface area contributed by atoms with Gasteiger partial charge in [-0.2, -0.15) is 0 Å². The van der Waals surface area contributed by atoms with E-state index in [1.807, 2.05) is 0 Å². The SMILES string of the molecule is COCC(C)(CC(=O)O)NC(=O)c1cc(F)cc(Br)c1. The molecule has 0 heterocycles. The van der Waals surface area contributed by atoms with Crippen molar-refractivity contribution in [2.24, 2.45) is 0 Å². The molecule has 5 nitrogen and oxygen atoms in total. The minimum atomic E-state index is -1.07. The molecule has 0 aliphatic carbocycles. The van der Waals surface area contributed by atoms with Gasteiger partial charge in [-0.3, -0.25) is 9.59 Å². The summed E-state index contributed by atoms with van der Waals surface area (Å²) in [5, 5.41) is 11.4. The first kappa shape index (κ1) is 16.6. The second kappa shape index (κ2) is 6.81. The summed E-state index contributed by atoms with van der Waals surface area (Å²) in [5.41, 5.74) is -0.971. The van der Waals surface area contributed by atoms with Gasteiger partial charge in [0.1, 0.15) is 5.82 Å². The maximum Gasteiger partial charge on any atom is 0.305 e. The van der Waals surface area contributed by atoms with E-state index in [1.54, 1.807) is 6.92 Å². The number of carbonyl (C=O) groups excluding carboxylic acids is 1. The average molecular weight is 348 g/mol. The summed E-state index contributed by atoms with van der Waals surface area (Å²) in [6.07, 6.45) is -0.303. The molecule has 1 amide bonds. The lowest BCUT2D eigenvalue weighted by molar-refractivity contribution is -0.139. The van der Waals surface area contributed by atoms with E-state index in [2.05, 4.69) is 21.2 Å². The summed E-state index contributed by atoms with van der Waals surface area (Å²) in [5.74, 6) is -2.19. The lowest BCUT2D eigenvalue weighted by Gasteiger charge is -2.28. The Morgan fingerprint density at radius 2 is 2.10 bits per heavy atom. The van der Waals surface area contributed by atoms with Crippen LogP contribution in [0, 0.1) is 5.82 Å². The number of methoxy groups -OCH3 is 1. The summed E-state index contributed by atoms with van der Waals surface area (Å²) < 4.78 is 18.6. The topological polar surface area (TPSA) is 75.6 Å². The summed E-state index contributed by atoms with van der Waals surface area (Å²) in [6.45, 7) is 1.58. The van der Waals surface area contributed by atoms with Crippen molar-refractivity contribution in [1.29, 1.82) is 0 Å². The Hall–Kier alpha value is -1.47. The Balaban J connectivity index is 2.92. The number of amides is 1. The normalized spacial score (nSPS) is 13.6. The van der Waals surface area contributed by atoms with Crippen molar-refractivity contribution in [2.75, 3.05) is 13.7 Å². The van der Waals surface area contributed by atoms with Crippen molar-refractivity contribution >= 4 is 27.8 Å². The number of halogens is 2. The third kappa shape index (κ3) is 4.90. The Bertz CT molecular complexity index is 503. The van der Waals surface area contributed by atoms with Crippen LogP contribution in [0.3, 0.4) is 0 Å². The maximum atomic E-state index is 13.3. The lowest BCUT2D eigenvalue weighted by atomic mass is 9.98. The monoisotopic (exact) mass is 347 g/mol. The first-order valence-corrected chi connectivity index (χ1v) is 6.54. The van der Waals surface area contributed by atoms with Crippen LogP contribution in [0.25, 0.3) is 0 Å². The Morgan fingerprint density at radius 1 is 1.45 bits per heavy atom. The second-order valence-corrected chi connectivity index (χ2v) is 5.59. The van der Waals surface area contributed by atoms with Gasteiger partial charge in [0.05, 0.1) is 18.6 Å². The smallest absolute Gasteiger partial charge is 0.305 e. The van der Waals surface area contributed by atoms with Gasteiger partial charge < -0.3 is 15.2 Å². The number of hydrogen-bond acceptors (Lipinski definition) is 3. The highest BCUT2D eigenvalue weighted by atomic mass is 79.9. The van der Waals surface area contributed by atoms with E-state index in [0.717, 1.165) is 6.07 Å². The Morgan fingerprint density at radius 3 is 2.60 bits per heavy atom. The van der Waals surface area contributed by atoms with Crippen LogP contribution < -0.4 is 5.32 Å². The first-order chi connectivity index (χ1) is 9.25. The molecule has 0 bridgehead atoms. The molecule has 1 rings (SSSR count). The molecule has 20 heavy (non-hydrogen) atoms. The number of carboxylic acid groups (broad SMARTS) is 1. The van der Waals surface area contributed by atoms with E-state index in [9.17, 15) is 14.0 Å². The highest BCUT2D eigenvalue weighted by Gasteiger charge is 2.30. The molecule has 0 fully saturated rings. The van der Waals surface area contributed by atoms with Crippen molar-refractivity contribution in [1.82, 2.24) is 5.32 Å². The Labute approximate surface area is 124 Å². The van der Waals surface area contributed by atoms with Gasteiger partial charge in [0.15, 0.2) is 0 Å². The minimum absolute atomic E-state index is 0.0293. The van der Waals surface area contributed by atoms with Gasteiger partial charge >= 0.3 is 5.97 Å². The van der Waals surface area contributed by atoms with Crippen LogP contribution in [-0.2, 0) is 9.53 Å². The number of nitrogens with one attached hydrogen (secondary N) is 1. The lowest BCUT2D eigenvalue weighted by Crippen LogP contribution is -2.50. The molecule has 1 unspecified atom stereocenters. The summed E-state index contributed by atoms with van der Waals surface area (Å²) >= 11 is 3.09. The molecule has 1 aromatic rings. The molecule has 0 aliphatic heterocycles. The quantitative estimate of drug-likeness (QED) is 0.827. The van der Waals surface area contributed by atoms with E-state index in [0.29, 0.717) is 4.47 Å². The molecule has 1 atom stereocenters. The number of hydrogen-bond donors (Lipinski definition) is 2. The largest absolute Gasteiger partial charge is 0.481 e. The zero-order chi connectivity index (χ0) is 15.3. The fraction of sp³-hybridized carbons (Fsp3) is 0.385. The summed E-state index contributed by atoms with van der Waals surface area (Å²) in [4.78, 5) is 22.9. The molecule has 0 spiro atoms. The summed E-state index contributed by atoms with van der Waals surface area (Å²) in [7, 11) is 1.41. The Kier molecular flexibility index (Phi) is 5.64. The molecule has 0 radical (unpaired) electrons. The van der Waals surface area contributed by atoms with Crippen molar-refractivity contribution in [3.05, 3.63) is 34.1 Å². The van der Waals surface area contributed by atoms with Crippen LogP contribution >= 0.6 is 15.9 Å². The number of benzene rings is 1. The van der Waals surface area contributed by atoms with Crippen molar-refractivity contribution in [3.63, 3.8) is 0 Å². The predicted molar refractivity (Wildman–Crippen MR) is 74.1 cm³/mol. The molecule has 0 saturated carbocycles. The summed E-state index contributed by atoms with van der Waals surface area (Å²) in [6, 6.07) is 3.75. The van der Waals surface area contributed by atoms with Gasteiger partial charge in [-0.15, -0.1) is 0 Å². The zero-order valence-electron chi connectivity index (χ0n) is 11.1. The fourth-order valence-corrected chi connectivity index (χ4v) is 2.28. The number of aliphatic carboxylic acids is 1. The van der Waals surface area contributed by atoms with Crippen LogP contribution in [-0.4, -0.2) is 36.2 Å². The number of carboxylic acids is 1. The van der Waals surface area contributed by atoms with E-state index in [1.165, 1.54) is 19.2 Å². The van der Waals surface area contributed by atoms with Crippen molar-refractivity contribution in [2.45, 2.75) is 18.9 Å². The third-order valence-corrected chi connectivity index (χ3v) is 3.00. The highest BCUT2D eigenvalue weighted by Crippen LogP contribution is 2.17. The van der Waals surface area contributed by atoms with Gasteiger partial charge in [-0.1, -0.05) is 15.9 Å². The second-order valence-electron chi connectivity index (χ2n) is 4.68. The minimum Gasteiger partial charge on any atom is -0.481 e. The molecule has 0 aliphatic rings. The number of rotatable bonds is 6. The van der Waals surface area contributed by atoms with Gasteiger partial charge in [0.25, 0.3) is 5.91 Å². The molecule has 110 valence electrons. The highest BCUT2D eigenvalue weighted by molar-refractivity contribution is 9.10. The molecular formula is C13H15BrFNO4. The van der Waals surface area contributed by atoms with Crippen LogP contribution in [0.2, 0.25) is 0 Å². The molecule has 7 heteroatoms.